The van der Waals surface area contributed by atoms with Crippen molar-refractivity contribution in [2.45, 2.75) is 78.0 Å². The molecule has 3 rings (SSSR count). The Kier molecular flexibility index (Phi) is 8.81. The number of ether oxygens (including phenoxy) is 2. The van der Waals surface area contributed by atoms with Crippen molar-refractivity contribution in [3.63, 3.8) is 0 Å². The van der Waals surface area contributed by atoms with Gasteiger partial charge in [-0.1, -0.05) is 44.0 Å². The van der Waals surface area contributed by atoms with Crippen LogP contribution in [0.4, 0.5) is 0 Å². The molecule has 29 heavy (non-hydrogen) atoms. The Labute approximate surface area is 176 Å². The summed E-state index contributed by atoms with van der Waals surface area (Å²) in [6, 6.07) is 8.62. The zero-order valence-corrected chi connectivity index (χ0v) is 18.3. The molecule has 1 aromatic carbocycles. The molecule has 1 saturated carbocycles. The average Bonchev–Trinajstić information content (AvgIpc) is 3.25. The van der Waals surface area contributed by atoms with Gasteiger partial charge in [0.15, 0.2) is 5.96 Å². The highest BCUT2D eigenvalue weighted by molar-refractivity contribution is 5.79. The van der Waals surface area contributed by atoms with Gasteiger partial charge in [-0.3, -0.25) is 0 Å². The maximum Gasteiger partial charge on any atom is 0.191 e. The van der Waals surface area contributed by atoms with Crippen LogP contribution in [-0.4, -0.2) is 38.4 Å². The van der Waals surface area contributed by atoms with Gasteiger partial charge in [0.2, 0.25) is 0 Å². The molecule has 2 fully saturated rings. The highest BCUT2D eigenvalue weighted by atomic mass is 16.5. The van der Waals surface area contributed by atoms with Crippen LogP contribution in [0.2, 0.25) is 0 Å². The summed E-state index contributed by atoms with van der Waals surface area (Å²) >= 11 is 0. The van der Waals surface area contributed by atoms with Gasteiger partial charge in [0, 0.05) is 26.3 Å². The standard InChI is InChI=1S/C24H39N3O2/c1-3-24(12-5-6-13-24)19-27-23(25-4-2)26-17-20-8-7-9-21(16-20)18-29-22-10-14-28-15-11-22/h7-9,16,22H,3-6,10-15,17-19H2,1-2H3,(H2,25,26,27). The fourth-order valence-corrected chi connectivity index (χ4v) is 4.44. The monoisotopic (exact) mass is 401 g/mol. The number of rotatable bonds is 9. The minimum Gasteiger partial charge on any atom is -0.381 e. The molecule has 0 amide bonds. The van der Waals surface area contributed by atoms with E-state index in [2.05, 4.69) is 48.7 Å². The summed E-state index contributed by atoms with van der Waals surface area (Å²) < 4.78 is 11.5. The van der Waals surface area contributed by atoms with Crippen LogP contribution in [-0.2, 0) is 22.6 Å². The van der Waals surface area contributed by atoms with Crippen LogP contribution in [0.25, 0.3) is 0 Å². The van der Waals surface area contributed by atoms with E-state index in [4.69, 9.17) is 14.5 Å². The van der Waals surface area contributed by atoms with Crippen LogP contribution >= 0.6 is 0 Å². The van der Waals surface area contributed by atoms with Crippen molar-refractivity contribution in [3.8, 4) is 0 Å². The van der Waals surface area contributed by atoms with Crippen LogP contribution in [0, 0.1) is 5.41 Å². The summed E-state index contributed by atoms with van der Waals surface area (Å²) in [6.45, 7) is 9.33. The molecule has 0 unspecified atom stereocenters. The van der Waals surface area contributed by atoms with Crippen molar-refractivity contribution in [3.05, 3.63) is 35.4 Å². The van der Waals surface area contributed by atoms with Crippen molar-refractivity contribution in [1.82, 2.24) is 10.6 Å². The van der Waals surface area contributed by atoms with E-state index in [9.17, 15) is 0 Å². The molecule has 162 valence electrons. The van der Waals surface area contributed by atoms with Crippen LogP contribution < -0.4 is 10.6 Å². The molecular weight excluding hydrogens is 362 g/mol. The number of aliphatic imine (C=N–C) groups is 1. The molecule has 1 saturated heterocycles. The zero-order chi connectivity index (χ0) is 20.4. The Balaban J connectivity index is 1.52. The molecule has 2 N–H and O–H groups in total. The third-order valence-electron chi connectivity index (χ3n) is 6.45. The van der Waals surface area contributed by atoms with Crippen LogP contribution in [0.1, 0.15) is 69.9 Å². The van der Waals surface area contributed by atoms with Crippen molar-refractivity contribution >= 4 is 5.96 Å². The summed E-state index contributed by atoms with van der Waals surface area (Å²) in [4.78, 5) is 4.84. The molecule has 1 aromatic rings. The third kappa shape index (κ3) is 7.00. The number of benzene rings is 1. The first-order valence-electron chi connectivity index (χ1n) is 11.5. The predicted octanol–water partition coefficient (Wildman–Crippen LogP) is 4.41. The number of hydrogen-bond donors (Lipinski definition) is 2. The van der Waals surface area contributed by atoms with Crippen LogP contribution in [0.15, 0.2) is 29.3 Å². The van der Waals surface area contributed by atoms with E-state index < -0.39 is 0 Å². The molecule has 0 spiro atoms. The number of nitrogens with one attached hydrogen (secondary N) is 2. The first kappa shape index (κ1) is 22.1. The van der Waals surface area contributed by atoms with E-state index in [1.165, 1.54) is 43.2 Å². The first-order valence-corrected chi connectivity index (χ1v) is 11.5. The molecule has 2 aliphatic rings. The summed E-state index contributed by atoms with van der Waals surface area (Å²) in [5.74, 6) is 0.927. The van der Waals surface area contributed by atoms with Gasteiger partial charge in [-0.2, -0.15) is 0 Å². The summed E-state index contributed by atoms with van der Waals surface area (Å²) in [7, 11) is 0. The lowest BCUT2D eigenvalue weighted by Crippen LogP contribution is -2.42. The number of nitrogens with zero attached hydrogens (tertiary/aromatic N) is 1. The molecule has 1 heterocycles. The van der Waals surface area contributed by atoms with E-state index in [0.29, 0.717) is 24.7 Å². The second-order valence-corrected chi connectivity index (χ2v) is 8.55. The van der Waals surface area contributed by atoms with Gasteiger partial charge in [-0.25, -0.2) is 4.99 Å². The Morgan fingerprint density at radius 1 is 1.14 bits per heavy atom. The highest BCUT2D eigenvalue weighted by Gasteiger charge is 2.31. The van der Waals surface area contributed by atoms with Crippen LogP contribution in [0.5, 0.6) is 0 Å². The van der Waals surface area contributed by atoms with Gasteiger partial charge in [-0.05, 0) is 55.6 Å². The van der Waals surface area contributed by atoms with Crippen molar-refractivity contribution < 1.29 is 9.47 Å². The SMILES string of the molecule is CCNC(=NCc1cccc(COC2CCOCC2)c1)NCC1(CC)CCCC1. The van der Waals surface area contributed by atoms with Gasteiger partial charge in [0.1, 0.15) is 0 Å². The van der Waals surface area contributed by atoms with Gasteiger partial charge < -0.3 is 20.1 Å². The van der Waals surface area contributed by atoms with E-state index in [0.717, 1.165) is 45.1 Å². The van der Waals surface area contributed by atoms with E-state index in [-0.39, 0.29) is 0 Å². The Morgan fingerprint density at radius 2 is 1.90 bits per heavy atom. The summed E-state index contributed by atoms with van der Waals surface area (Å²) in [6.07, 6.45) is 8.99. The molecule has 0 bridgehead atoms. The minimum atomic E-state index is 0.330. The molecule has 0 radical (unpaired) electrons. The largest absolute Gasteiger partial charge is 0.381 e. The molecule has 5 nitrogen and oxygen atoms in total. The molecular formula is C24H39N3O2. The molecule has 0 aromatic heterocycles. The fraction of sp³-hybridized carbons (Fsp3) is 0.708. The fourth-order valence-electron chi connectivity index (χ4n) is 4.44. The van der Waals surface area contributed by atoms with E-state index >= 15 is 0 Å². The van der Waals surface area contributed by atoms with Gasteiger partial charge in [-0.15, -0.1) is 0 Å². The predicted molar refractivity (Wildman–Crippen MR) is 119 cm³/mol. The van der Waals surface area contributed by atoms with Gasteiger partial charge in [0.05, 0.1) is 19.3 Å². The lowest BCUT2D eigenvalue weighted by atomic mass is 9.83. The minimum absolute atomic E-state index is 0.330. The lowest BCUT2D eigenvalue weighted by Gasteiger charge is -2.28. The maximum atomic E-state index is 6.07. The van der Waals surface area contributed by atoms with Crippen LogP contribution in [0.3, 0.4) is 0 Å². The Bertz CT molecular complexity index is 635. The Hall–Kier alpha value is -1.59. The molecule has 1 aliphatic carbocycles. The average molecular weight is 402 g/mol. The van der Waals surface area contributed by atoms with Gasteiger partial charge in [0.25, 0.3) is 0 Å². The first-order chi connectivity index (χ1) is 14.2. The number of guanidine groups is 1. The van der Waals surface area contributed by atoms with Crippen molar-refractivity contribution in [2.75, 3.05) is 26.3 Å². The molecule has 5 heteroatoms. The maximum absolute atomic E-state index is 6.07. The van der Waals surface area contributed by atoms with E-state index in [1.807, 2.05) is 0 Å². The van der Waals surface area contributed by atoms with E-state index in [1.54, 1.807) is 0 Å². The van der Waals surface area contributed by atoms with Gasteiger partial charge >= 0.3 is 0 Å². The smallest absolute Gasteiger partial charge is 0.191 e. The lowest BCUT2D eigenvalue weighted by molar-refractivity contribution is -0.0390. The zero-order valence-electron chi connectivity index (χ0n) is 18.3. The van der Waals surface area contributed by atoms with Crippen molar-refractivity contribution in [1.29, 1.82) is 0 Å². The Morgan fingerprint density at radius 3 is 2.62 bits per heavy atom. The summed E-state index contributed by atoms with van der Waals surface area (Å²) in [5.41, 5.74) is 2.90. The summed E-state index contributed by atoms with van der Waals surface area (Å²) in [5, 5.41) is 7.01. The topological polar surface area (TPSA) is 54.9 Å². The second kappa shape index (κ2) is 11.6. The third-order valence-corrected chi connectivity index (χ3v) is 6.45. The normalized spacial score (nSPS) is 20.0. The number of hydrogen-bond acceptors (Lipinski definition) is 3. The molecule has 0 atom stereocenters. The molecule has 1 aliphatic heterocycles. The van der Waals surface area contributed by atoms with Crippen molar-refractivity contribution in [2.24, 2.45) is 10.4 Å². The second-order valence-electron chi connectivity index (χ2n) is 8.55. The quantitative estimate of drug-likeness (QED) is 0.475. The highest BCUT2D eigenvalue weighted by Crippen LogP contribution is 2.40.